The van der Waals surface area contributed by atoms with E-state index in [0.29, 0.717) is 19.6 Å². The first-order chi connectivity index (χ1) is 11.7. The van der Waals surface area contributed by atoms with E-state index in [9.17, 15) is 4.79 Å². The number of nitrogens with one attached hydrogen (secondary N) is 1. The van der Waals surface area contributed by atoms with Crippen molar-refractivity contribution in [2.24, 2.45) is 11.1 Å². The summed E-state index contributed by atoms with van der Waals surface area (Å²) in [7, 11) is 2.10. The van der Waals surface area contributed by atoms with E-state index in [4.69, 9.17) is 10.5 Å². The van der Waals surface area contributed by atoms with Gasteiger partial charge in [-0.3, -0.25) is 4.79 Å². The molecule has 1 aromatic carbocycles. The Hall–Kier alpha value is -0.850. The van der Waals surface area contributed by atoms with Crippen molar-refractivity contribution in [3.8, 4) is 0 Å². The lowest BCUT2D eigenvalue weighted by molar-refractivity contribution is -0.170. The number of hydrogen-bond donors (Lipinski definition) is 2. The van der Waals surface area contributed by atoms with Crippen molar-refractivity contribution in [2.75, 3.05) is 20.2 Å². The highest BCUT2D eigenvalue weighted by atomic mass is 35.5. The molecule has 0 aromatic heterocycles. The van der Waals surface area contributed by atoms with Crippen LogP contribution in [0, 0.1) is 5.41 Å². The second kappa shape index (κ2) is 10.6. The third kappa shape index (κ3) is 5.58. The lowest BCUT2D eigenvalue weighted by atomic mass is 9.54. The van der Waals surface area contributed by atoms with Gasteiger partial charge in [-0.1, -0.05) is 45.0 Å². The molecule has 7 heteroatoms. The average molecular weight is 420 g/mol. The number of halogens is 2. The largest absolute Gasteiger partial charge is 0.378 e. The molecule has 5 nitrogen and oxygen atoms in total. The zero-order valence-electron chi connectivity index (χ0n) is 17.1. The predicted molar refractivity (Wildman–Crippen MR) is 116 cm³/mol. The van der Waals surface area contributed by atoms with Gasteiger partial charge in [0.15, 0.2) is 0 Å². The summed E-state index contributed by atoms with van der Waals surface area (Å²) in [6, 6.07) is 8.33. The van der Waals surface area contributed by atoms with Crippen molar-refractivity contribution in [1.82, 2.24) is 10.2 Å². The maximum Gasteiger partial charge on any atom is 0.241 e. The highest BCUT2D eigenvalue weighted by molar-refractivity contribution is 5.88. The van der Waals surface area contributed by atoms with Gasteiger partial charge in [0.05, 0.1) is 6.10 Å². The number of carbonyl (C=O) groups excluding carboxylic acids is 1. The van der Waals surface area contributed by atoms with Gasteiger partial charge in [-0.05, 0) is 31.6 Å². The van der Waals surface area contributed by atoms with Crippen molar-refractivity contribution in [2.45, 2.75) is 58.8 Å². The Morgan fingerprint density at radius 1 is 1.30 bits per heavy atom. The third-order valence-electron chi connectivity index (χ3n) is 5.67. The Labute approximate surface area is 176 Å². The molecule has 0 radical (unpaired) electrons. The summed E-state index contributed by atoms with van der Waals surface area (Å²) in [5.74, 6) is -0.0930. The van der Waals surface area contributed by atoms with Crippen molar-refractivity contribution in [3.05, 3.63) is 35.4 Å². The summed E-state index contributed by atoms with van der Waals surface area (Å²) in [6.07, 6.45) is 0.613. The Morgan fingerprint density at radius 2 is 1.93 bits per heavy atom. The molecule has 0 spiro atoms. The highest BCUT2D eigenvalue weighted by Crippen LogP contribution is 2.49. The van der Waals surface area contributed by atoms with Crippen molar-refractivity contribution in [3.63, 3.8) is 0 Å². The van der Waals surface area contributed by atoms with Gasteiger partial charge in [0.25, 0.3) is 0 Å². The maximum atomic E-state index is 12.7. The van der Waals surface area contributed by atoms with Crippen LogP contribution < -0.4 is 11.1 Å². The molecule has 2 unspecified atom stereocenters. The first kappa shape index (κ1) is 26.1. The third-order valence-corrected chi connectivity index (χ3v) is 5.67. The minimum Gasteiger partial charge on any atom is -0.378 e. The van der Waals surface area contributed by atoms with Crippen LogP contribution in [0.5, 0.6) is 0 Å². The van der Waals surface area contributed by atoms with Gasteiger partial charge in [-0.15, -0.1) is 24.8 Å². The van der Waals surface area contributed by atoms with Crippen LogP contribution in [0.2, 0.25) is 0 Å². The molecule has 27 heavy (non-hydrogen) atoms. The van der Waals surface area contributed by atoms with E-state index in [1.165, 1.54) is 5.56 Å². The zero-order valence-corrected chi connectivity index (χ0v) is 18.7. The van der Waals surface area contributed by atoms with Crippen LogP contribution in [0.15, 0.2) is 24.3 Å². The molecule has 1 amide bonds. The molecule has 156 valence electrons. The molecule has 1 aliphatic carbocycles. The van der Waals surface area contributed by atoms with Crippen molar-refractivity contribution in [1.29, 1.82) is 0 Å². The van der Waals surface area contributed by atoms with Crippen LogP contribution >= 0.6 is 24.8 Å². The smallest absolute Gasteiger partial charge is 0.241 e. The van der Waals surface area contributed by atoms with E-state index in [1.807, 2.05) is 32.9 Å². The molecule has 1 aromatic rings. The molecule has 0 bridgehead atoms. The second-order valence-electron chi connectivity index (χ2n) is 7.67. The molecule has 1 fully saturated rings. The summed E-state index contributed by atoms with van der Waals surface area (Å²) >= 11 is 0. The average Bonchev–Trinajstić information content (AvgIpc) is 2.59. The summed E-state index contributed by atoms with van der Waals surface area (Å²) in [6.45, 7) is 11.2. The fourth-order valence-electron chi connectivity index (χ4n) is 3.42. The highest BCUT2D eigenvalue weighted by Gasteiger charge is 2.62. The first-order valence-electron chi connectivity index (χ1n) is 9.19. The van der Waals surface area contributed by atoms with E-state index in [0.717, 1.165) is 18.7 Å². The van der Waals surface area contributed by atoms with Crippen LogP contribution in [0.3, 0.4) is 0 Å². The molecule has 0 heterocycles. The van der Waals surface area contributed by atoms with E-state index in [-0.39, 0.29) is 42.2 Å². The maximum absolute atomic E-state index is 12.7. The van der Waals surface area contributed by atoms with Gasteiger partial charge in [-0.25, -0.2) is 0 Å². The van der Waals surface area contributed by atoms with Gasteiger partial charge in [0, 0.05) is 31.5 Å². The van der Waals surface area contributed by atoms with Crippen LogP contribution in [0.25, 0.3) is 0 Å². The number of benzene rings is 1. The fourth-order valence-corrected chi connectivity index (χ4v) is 3.42. The molecule has 2 rings (SSSR count). The molecule has 0 saturated heterocycles. The quantitative estimate of drug-likeness (QED) is 0.678. The lowest BCUT2D eigenvalue weighted by Crippen LogP contribution is -2.75. The number of rotatable bonds is 8. The minimum absolute atomic E-state index is 0. The number of amides is 1. The number of nitrogens with zero attached hydrogens (tertiary/aromatic N) is 1. The summed E-state index contributed by atoms with van der Waals surface area (Å²) < 4.78 is 5.70. The summed E-state index contributed by atoms with van der Waals surface area (Å²) in [4.78, 5) is 14.9. The molecular formula is C20H35Cl2N3O2. The second-order valence-corrected chi connectivity index (χ2v) is 7.67. The predicted octanol–water partition coefficient (Wildman–Crippen LogP) is 3.13. The normalized spacial score (nSPS) is 23.0. The van der Waals surface area contributed by atoms with Crippen molar-refractivity contribution < 1.29 is 9.53 Å². The number of nitrogens with two attached hydrogens (primary N) is 1. The Kier molecular flexibility index (Phi) is 10.3. The number of hydrogen-bond acceptors (Lipinski definition) is 4. The molecular weight excluding hydrogens is 385 g/mol. The minimum atomic E-state index is -0.868. The van der Waals surface area contributed by atoms with Gasteiger partial charge in [0.2, 0.25) is 5.91 Å². The molecule has 1 aliphatic rings. The number of ether oxygens (including phenoxy) is 1. The Bertz CT molecular complexity index is 613. The SMILES string of the molecule is CCOC1CC(N)(C(=O)NCc2cccc(CN(C)CC)c2)C1(C)C.Cl.Cl. The molecule has 0 aliphatic heterocycles. The molecule has 1 saturated carbocycles. The van der Waals surface area contributed by atoms with Crippen LogP contribution in [-0.2, 0) is 22.6 Å². The van der Waals surface area contributed by atoms with Gasteiger partial charge >= 0.3 is 0 Å². The van der Waals surface area contributed by atoms with E-state index >= 15 is 0 Å². The number of carbonyl (C=O) groups is 1. The molecule has 2 atom stereocenters. The zero-order chi connectivity index (χ0) is 18.7. The van der Waals surface area contributed by atoms with Crippen LogP contribution in [0.4, 0.5) is 0 Å². The molecule has 3 N–H and O–H groups in total. The van der Waals surface area contributed by atoms with Crippen LogP contribution in [0.1, 0.15) is 45.2 Å². The lowest BCUT2D eigenvalue weighted by Gasteiger charge is -2.57. The summed E-state index contributed by atoms with van der Waals surface area (Å²) in [5, 5.41) is 3.02. The monoisotopic (exact) mass is 419 g/mol. The fraction of sp³-hybridized carbons (Fsp3) is 0.650. The van der Waals surface area contributed by atoms with Gasteiger partial charge in [-0.2, -0.15) is 0 Å². The topological polar surface area (TPSA) is 67.6 Å². The van der Waals surface area contributed by atoms with E-state index in [1.54, 1.807) is 0 Å². The first-order valence-corrected chi connectivity index (χ1v) is 9.19. The standard InChI is InChI=1S/C20H33N3O2.2ClH/c1-6-23(5)14-16-10-8-9-15(11-16)13-22-18(24)20(21)12-17(25-7-2)19(20,3)4;;/h8-11,17H,6-7,12-14,21H2,1-5H3,(H,22,24);2*1H. The van der Waals surface area contributed by atoms with Crippen molar-refractivity contribution >= 4 is 30.7 Å². The summed E-state index contributed by atoms with van der Waals surface area (Å²) in [5.41, 5.74) is 7.54. The Morgan fingerprint density at radius 3 is 2.48 bits per heavy atom. The van der Waals surface area contributed by atoms with E-state index < -0.39 is 5.54 Å². The van der Waals surface area contributed by atoms with Gasteiger partial charge < -0.3 is 20.7 Å². The van der Waals surface area contributed by atoms with Crippen LogP contribution in [-0.4, -0.2) is 42.6 Å². The Balaban J connectivity index is 0.00000338. The van der Waals surface area contributed by atoms with E-state index in [2.05, 4.69) is 36.3 Å². The van der Waals surface area contributed by atoms with Gasteiger partial charge in [0.1, 0.15) is 5.54 Å².